The van der Waals surface area contributed by atoms with E-state index in [0.717, 1.165) is 10.2 Å². The van der Waals surface area contributed by atoms with Crippen LogP contribution in [0.15, 0.2) is 15.9 Å². The summed E-state index contributed by atoms with van der Waals surface area (Å²) in [5, 5.41) is 8.28. The van der Waals surface area contributed by atoms with Crippen molar-refractivity contribution in [1.29, 1.82) is 5.26 Å². The molecule has 1 nitrogen and oxygen atoms in total. The van der Waals surface area contributed by atoms with Crippen LogP contribution in [0.3, 0.4) is 0 Å². The van der Waals surface area contributed by atoms with Gasteiger partial charge in [0.2, 0.25) is 0 Å². The molecule has 1 aromatic heterocycles. The second-order valence-electron chi connectivity index (χ2n) is 1.86. The first-order chi connectivity index (χ1) is 4.83. The van der Waals surface area contributed by atoms with E-state index < -0.39 is 0 Å². The molecular formula is C7H6BrNS. The lowest BCUT2D eigenvalue weighted by atomic mass is 10.3. The van der Waals surface area contributed by atoms with Crippen LogP contribution in [0, 0.1) is 11.3 Å². The van der Waals surface area contributed by atoms with E-state index in [-0.39, 0.29) is 0 Å². The number of nitriles is 1. The first-order valence-electron chi connectivity index (χ1n) is 2.94. The molecule has 1 heterocycles. The fourth-order valence-corrected chi connectivity index (χ4v) is 2.15. The number of aryl methyl sites for hydroxylation is 1. The summed E-state index contributed by atoms with van der Waals surface area (Å²) in [5.41, 5.74) is 0. The Balaban J connectivity index is 2.52. The highest BCUT2D eigenvalue weighted by Gasteiger charge is 1.95. The number of nitrogens with zero attached hydrogens (tertiary/aromatic N) is 1. The lowest BCUT2D eigenvalue weighted by molar-refractivity contribution is 1.04. The van der Waals surface area contributed by atoms with Crippen LogP contribution in [-0.4, -0.2) is 0 Å². The summed E-state index contributed by atoms with van der Waals surface area (Å²) in [6.07, 6.45) is 1.50. The Bertz CT molecular complexity index is 248. The van der Waals surface area contributed by atoms with Crippen molar-refractivity contribution in [3.05, 3.63) is 20.8 Å². The van der Waals surface area contributed by atoms with E-state index in [9.17, 15) is 0 Å². The SMILES string of the molecule is N#CCCc1ccc(Br)s1. The quantitative estimate of drug-likeness (QED) is 0.745. The zero-order valence-electron chi connectivity index (χ0n) is 5.30. The molecule has 3 heteroatoms. The summed E-state index contributed by atoms with van der Waals surface area (Å²) in [6, 6.07) is 6.18. The predicted octanol–water partition coefficient (Wildman–Crippen LogP) is 2.97. The molecule has 0 aromatic carbocycles. The minimum atomic E-state index is 0.618. The molecule has 0 unspecified atom stereocenters. The van der Waals surface area contributed by atoms with E-state index in [1.54, 1.807) is 11.3 Å². The largest absolute Gasteiger partial charge is 0.198 e. The Labute approximate surface area is 72.4 Å². The van der Waals surface area contributed by atoms with Crippen molar-refractivity contribution in [2.75, 3.05) is 0 Å². The molecule has 0 radical (unpaired) electrons. The minimum absolute atomic E-state index is 0.618. The van der Waals surface area contributed by atoms with E-state index >= 15 is 0 Å². The van der Waals surface area contributed by atoms with Crippen molar-refractivity contribution in [2.24, 2.45) is 0 Å². The standard InChI is InChI=1S/C7H6BrNS/c8-7-4-3-6(10-7)2-1-5-9/h3-4H,1-2H2. The van der Waals surface area contributed by atoms with Gasteiger partial charge in [-0.2, -0.15) is 5.26 Å². The van der Waals surface area contributed by atoms with Crippen molar-refractivity contribution in [1.82, 2.24) is 0 Å². The van der Waals surface area contributed by atoms with Gasteiger partial charge in [-0.3, -0.25) is 0 Å². The lowest BCUT2D eigenvalue weighted by Gasteiger charge is -1.84. The summed E-state index contributed by atoms with van der Waals surface area (Å²) in [4.78, 5) is 1.27. The van der Waals surface area contributed by atoms with Crippen LogP contribution in [-0.2, 0) is 6.42 Å². The second-order valence-corrected chi connectivity index (χ2v) is 4.41. The van der Waals surface area contributed by atoms with Crippen molar-refractivity contribution >= 4 is 27.3 Å². The van der Waals surface area contributed by atoms with Crippen LogP contribution in [0.4, 0.5) is 0 Å². The molecular weight excluding hydrogens is 210 g/mol. The molecule has 1 aromatic rings. The molecule has 0 atom stereocenters. The Hall–Kier alpha value is -0.330. The van der Waals surface area contributed by atoms with E-state index in [0.29, 0.717) is 6.42 Å². The van der Waals surface area contributed by atoms with Crippen LogP contribution in [0.5, 0.6) is 0 Å². The average molecular weight is 216 g/mol. The summed E-state index contributed by atoms with van der Waals surface area (Å²) >= 11 is 5.05. The maximum Gasteiger partial charge on any atom is 0.0701 e. The van der Waals surface area contributed by atoms with Crippen molar-refractivity contribution < 1.29 is 0 Å². The van der Waals surface area contributed by atoms with Gasteiger partial charge in [0.15, 0.2) is 0 Å². The van der Waals surface area contributed by atoms with Gasteiger partial charge in [-0.15, -0.1) is 11.3 Å². The van der Waals surface area contributed by atoms with E-state index in [2.05, 4.69) is 22.0 Å². The molecule has 0 aliphatic rings. The summed E-state index contributed by atoms with van der Waals surface area (Å²) in [6.45, 7) is 0. The number of hydrogen-bond acceptors (Lipinski definition) is 2. The van der Waals surface area contributed by atoms with Crippen molar-refractivity contribution in [3.63, 3.8) is 0 Å². The topological polar surface area (TPSA) is 23.8 Å². The molecule has 0 fully saturated rings. The monoisotopic (exact) mass is 215 g/mol. The van der Waals surface area contributed by atoms with Crippen LogP contribution < -0.4 is 0 Å². The van der Waals surface area contributed by atoms with E-state index in [4.69, 9.17) is 5.26 Å². The van der Waals surface area contributed by atoms with Gasteiger partial charge in [0, 0.05) is 11.3 Å². The summed E-state index contributed by atoms with van der Waals surface area (Å²) in [5.74, 6) is 0. The first-order valence-corrected chi connectivity index (χ1v) is 4.55. The molecule has 0 aliphatic carbocycles. The first kappa shape index (κ1) is 7.77. The van der Waals surface area contributed by atoms with Crippen molar-refractivity contribution in [3.8, 4) is 6.07 Å². The zero-order valence-corrected chi connectivity index (χ0v) is 7.70. The average Bonchev–Trinajstić information content (AvgIpc) is 2.31. The van der Waals surface area contributed by atoms with Crippen LogP contribution in [0.2, 0.25) is 0 Å². The molecule has 0 bridgehead atoms. The highest BCUT2D eigenvalue weighted by molar-refractivity contribution is 9.11. The normalized spacial score (nSPS) is 9.20. The highest BCUT2D eigenvalue weighted by atomic mass is 79.9. The Morgan fingerprint density at radius 2 is 2.40 bits per heavy atom. The molecule has 0 amide bonds. The van der Waals surface area contributed by atoms with Gasteiger partial charge in [0.05, 0.1) is 9.86 Å². The van der Waals surface area contributed by atoms with E-state index in [1.807, 2.05) is 12.1 Å². The molecule has 0 spiro atoms. The van der Waals surface area contributed by atoms with Gasteiger partial charge in [0.1, 0.15) is 0 Å². The third-order valence-electron chi connectivity index (χ3n) is 1.11. The molecule has 1 rings (SSSR count). The van der Waals surface area contributed by atoms with Crippen LogP contribution in [0.25, 0.3) is 0 Å². The van der Waals surface area contributed by atoms with Gasteiger partial charge >= 0.3 is 0 Å². The number of thiophene rings is 1. The van der Waals surface area contributed by atoms with Gasteiger partial charge in [0.25, 0.3) is 0 Å². The maximum atomic E-state index is 8.28. The van der Waals surface area contributed by atoms with Gasteiger partial charge < -0.3 is 0 Å². The molecule has 0 saturated heterocycles. The Morgan fingerprint density at radius 3 is 2.90 bits per heavy atom. The Kier molecular flexibility index (Phi) is 2.91. The predicted molar refractivity (Wildman–Crippen MR) is 46.0 cm³/mol. The third-order valence-corrected chi connectivity index (χ3v) is 2.80. The maximum absolute atomic E-state index is 8.28. The van der Waals surface area contributed by atoms with Gasteiger partial charge in [-0.25, -0.2) is 0 Å². The smallest absolute Gasteiger partial charge is 0.0701 e. The van der Waals surface area contributed by atoms with Crippen LogP contribution in [0.1, 0.15) is 11.3 Å². The number of rotatable bonds is 2. The lowest BCUT2D eigenvalue weighted by Crippen LogP contribution is -1.73. The molecule has 0 saturated carbocycles. The summed E-state index contributed by atoms with van der Waals surface area (Å²) in [7, 11) is 0. The number of halogens is 1. The molecule has 0 N–H and O–H groups in total. The Morgan fingerprint density at radius 1 is 1.60 bits per heavy atom. The van der Waals surface area contributed by atoms with E-state index in [1.165, 1.54) is 4.88 Å². The van der Waals surface area contributed by atoms with Crippen molar-refractivity contribution in [2.45, 2.75) is 12.8 Å². The van der Waals surface area contributed by atoms with Crippen LogP contribution >= 0.6 is 27.3 Å². The highest BCUT2D eigenvalue weighted by Crippen LogP contribution is 2.22. The number of hydrogen-bond donors (Lipinski definition) is 0. The fourth-order valence-electron chi connectivity index (χ4n) is 0.665. The molecule has 0 aliphatic heterocycles. The van der Waals surface area contributed by atoms with Gasteiger partial charge in [-0.05, 0) is 34.5 Å². The zero-order chi connectivity index (χ0) is 7.40. The third kappa shape index (κ3) is 2.13. The molecule has 52 valence electrons. The molecule has 10 heavy (non-hydrogen) atoms. The second kappa shape index (κ2) is 3.75. The minimum Gasteiger partial charge on any atom is -0.198 e. The fraction of sp³-hybridized carbons (Fsp3) is 0.286. The summed E-state index contributed by atoms with van der Waals surface area (Å²) < 4.78 is 1.14. The van der Waals surface area contributed by atoms with Gasteiger partial charge in [-0.1, -0.05) is 0 Å².